The molecule has 1 atom stereocenters. The van der Waals surface area contributed by atoms with Gasteiger partial charge in [0.25, 0.3) is 5.91 Å². The summed E-state index contributed by atoms with van der Waals surface area (Å²) in [5, 5.41) is 6.90. The molecule has 0 unspecified atom stereocenters. The molecule has 0 bridgehead atoms. The maximum atomic E-state index is 12.5. The van der Waals surface area contributed by atoms with Crippen molar-refractivity contribution in [2.75, 3.05) is 13.2 Å². The highest BCUT2D eigenvalue weighted by Gasteiger charge is 2.22. The summed E-state index contributed by atoms with van der Waals surface area (Å²) in [6.07, 6.45) is 3.80. The Balaban J connectivity index is 1.67. The van der Waals surface area contributed by atoms with Crippen LogP contribution in [0.4, 0.5) is 0 Å². The first-order chi connectivity index (χ1) is 12.1. The first kappa shape index (κ1) is 17.5. The number of carbonyl (C=O) groups is 1. The predicted octanol–water partition coefficient (Wildman–Crippen LogP) is 2.72. The fourth-order valence-electron chi connectivity index (χ4n) is 2.97. The van der Waals surface area contributed by atoms with Gasteiger partial charge in [-0.05, 0) is 31.7 Å². The molecule has 2 aromatic rings. The fraction of sp³-hybridized carbons (Fsp3) is 0.556. The smallest absolute Gasteiger partial charge is 0.257 e. The van der Waals surface area contributed by atoms with Gasteiger partial charge in [0.15, 0.2) is 0 Å². The molecule has 0 aliphatic carbocycles. The van der Waals surface area contributed by atoms with Crippen molar-refractivity contribution in [3.8, 4) is 0 Å². The van der Waals surface area contributed by atoms with E-state index in [0.29, 0.717) is 30.2 Å². The number of rotatable bonds is 5. The summed E-state index contributed by atoms with van der Waals surface area (Å²) in [6.45, 7) is 7.52. The molecular formula is C18H24N4O3. The summed E-state index contributed by atoms with van der Waals surface area (Å²) in [4.78, 5) is 21.5. The highest BCUT2D eigenvalue weighted by atomic mass is 16.5. The van der Waals surface area contributed by atoms with Gasteiger partial charge in [-0.15, -0.1) is 0 Å². The lowest BCUT2D eigenvalue weighted by atomic mass is 10.0. The molecule has 2 aromatic heterocycles. The van der Waals surface area contributed by atoms with Crippen molar-refractivity contribution in [3.63, 3.8) is 0 Å². The summed E-state index contributed by atoms with van der Waals surface area (Å²) >= 11 is 0. The molecule has 3 heterocycles. The van der Waals surface area contributed by atoms with Crippen LogP contribution in [0.25, 0.3) is 0 Å². The zero-order chi connectivity index (χ0) is 17.8. The SMILES string of the molecule is Cc1onc(C(C)C)c1C(=O)NCc1ccnc([C@@H]2CCCOC2)n1. The van der Waals surface area contributed by atoms with Crippen LogP contribution in [-0.2, 0) is 11.3 Å². The molecule has 25 heavy (non-hydrogen) atoms. The summed E-state index contributed by atoms with van der Waals surface area (Å²) in [5.74, 6) is 1.48. The molecule has 3 rings (SSSR count). The summed E-state index contributed by atoms with van der Waals surface area (Å²) < 4.78 is 10.7. The molecule has 0 aromatic carbocycles. The van der Waals surface area contributed by atoms with Crippen LogP contribution in [0.3, 0.4) is 0 Å². The van der Waals surface area contributed by atoms with E-state index < -0.39 is 0 Å². The highest BCUT2D eigenvalue weighted by Crippen LogP contribution is 2.23. The van der Waals surface area contributed by atoms with E-state index in [1.54, 1.807) is 13.1 Å². The molecular weight excluding hydrogens is 320 g/mol. The van der Waals surface area contributed by atoms with Crippen LogP contribution in [0, 0.1) is 6.92 Å². The zero-order valence-corrected chi connectivity index (χ0v) is 14.9. The molecule has 1 N–H and O–H groups in total. The molecule has 1 amide bonds. The van der Waals surface area contributed by atoms with Crippen LogP contribution in [0.1, 0.15) is 71.9 Å². The van der Waals surface area contributed by atoms with E-state index in [1.807, 2.05) is 19.9 Å². The maximum absolute atomic E-state index is 12.5. The predicted molar refractivity (Wildman–Crippen MR) is 91.3 cm³/mol. The van der Waals surface area contributed by atoms with Gasteiger partial charge < -0.3 is 14.6 Å². The summed E-state index contributed by atoms with van der Waals surface area (Å²) in [6, 6.07) is 1.82. The quantitative estimate of drug-likeness (QED) is 0.897. The molecule has 1 aliphatic heterocycles. The van der Waals surface area contributed by atoms with Crippen LogP contribution in [0.2, 0.25) is 0 Å². The monoisotopic (exact) mass is 344 g/mol. The lowest BCUT2D eigenvalue weighted by Gasteiger charge is -2.20. The zero-order valence-electron chi connectivity index (χ0n) is 14.9. The summed E-state index contributed by atoms with van der Waals surface area (Å²) in [5.41, 5.74) is 1.98. The van der Waals surface area contributed by atoms with Crippen molar-refractivity contribution in [1.29, 1.82) is 0 Å². The Kier molecular flexibility index (Phi) is 5.43. The highest BCUT2D eigenvalue weighted by molar-refractivity contribution is 5.96. The van der Waals surface area contributed by atoms with Crippen LogP contribution < -0.4 is 5.32 Å². The second-order valence-corrected chi connectivity index (χ2v) is 6.66. The lowest BCUT2D eigenvalue weighted by molar-refractivity contribution is 0.0779. The fourth-order valence-corrected chi connectivity index (χ4v) is 2.97. The number of hydrogen-bond acceptors (Lipinski definition) is 6. The molecule has 7 heteroatoms. The van der Waals surface area contributed by atoms with Crippen molar-refractivity contribution in [3.05, 3.63) is 40.8 Å². The van der Waals surface area contributed by atoms with E-state index in [9.17, 15) is 4.79 Å². The van der Waals surface area contributed by atoms with E-state index in [1.165, 1.54) is 0 Å². The number of hydrogen-bond donors (Lipinski definition) is 1. The lowest BCUT2D eigenvalue weighted by Crippen LogP contribution is -2.25. The number of nitrogens with one attached hydrogen (secondary N) is 1. The topological polar surface area (TPSA) is 90.1 Å². The minimum absolute atomic E-state index is 0.121. The van der Waals surface area contributed by atoms with Crippen LogP contribution in [-0.4, -0.2) is 34.2 Å². The molecule has 0 saturated carbocycles. The van der Waals surface area contributed by atoms with Gasteiger partial charge in [0.2, 0.25) is 0 Å². The van der Waals surface area contributed by atoms with Crippen molar-refractivity contribution < 1.29 is 14.1 Å². The van der Waals surface area contributed by atoms with E-state index >= 15 is 0 Å². The Morgan fingerprint density at radius 1 is 1.44 bits per heavy atom. The molecule has 0 radical (unpaired) electrons. The third kappa shape index (κ3) is 4.04. The molecule has 1 aliphatic rings. The van der Waals surface area contributed by atoms with Crippen molar-refractivity contribution in [2.45, 2.75) is 52.0 Å². The Morgan fingerprint density at radius 3 is 3.00 bits per heavy atom. The minimum atomic E-state index is -0.191. The number of aromatic nitrogens is 3. The normalized spacial score (nSPS) is 17.7. The second kappa shape index (κ2) is 7.74. The first-order valence-corrected chi connectivity index (χ1v) is 8.70. The third-order valence-electron chi connectivity index (χ3n) is 4.35. The van der Waals surface area contributed by atoms with Crippen molar-refractivity contribution in [1.82, 2.24) is 20.4 Å². The molecule has 1 fully saturated rings. The number of ether oxygens (including phenoxy) is 1. The van der Waals surface area contributed by atoms with Gasteiger partial charge in [0, 0.05) is 18.7 Å². The number of amides is 1. The Hall–Kier alpha value is -2.28. The molecule has 1 saturated heterocycles. The van der Waals surface area contributed by atoms with Crippen molar-refractivity contribution in [2.24, 2.45) is 0 Å². The molecule has 7 nitrogen and oxygen atoms in total. The van der Waals surface area contributed by atoms with Gasteiger partial charge in [-0.3, -0.25) is 4.79 Å². The van der Waals surface area contributed by atoms with Gasteiger partial charge >= 0.3 is 0 Å². The standard InChI is InChI=1S/C18H24N4O3/c1-11(2)16-15(12(3)25-22-16)18(23)20-9-14-6-7-19-17(21-14)13-5-4-8-24-10-13/h6-7,11,13H,4-5,8-10H2,1-3H3,(H,20,23)/t13-/m1/s1. The van der Waals surface area contributed by atoms with E-state index in [-0.39, 0.29) is 17.7 Å². The largest absolute Gasteiger partial charge is 0.381 e. The van der Waals surface area contributed by atoms with E-state index in [4.69, 9.17) is 9.26 Å². The van der Waals surface area contributed by atoms with E-state index in [2.05, 4.69) is 20.4 Å². The summed E-state index contributed by atoms with van der Waals surface area (Å²) in [7, 11) is 0. The minimum Gasteiger partial charge on any atom is -0.381 e. The number of nitrogens with zero attached hydrogens (tertiary/aromatic N) is 3. The third-order valence-corrected chi connectivity index (χ3v) is 4.35. The van der Waals surface area contributed by atoms with E-state index in [0.717, 1.165) is 31.0 Å². The van der Waals surface area contributed by atoms with Crippen LogP contribution in [0.5, 0.6) is 0 Å². The molecule has 134 valence electrons. The second-order valence-electron chi connectivity index (χ2n) is 6.66. The number of carbonyl (C=O) groups excluding carboxylic acids is 1. The first-order valence-electron chi connectivity index (χ1n) is 8.70. The molecule has 0 spiro atoms. The van der Waals surface area contributed by atoms with Gasteiger partial charge in [0.1, 0.15) is 17.1 Å². The van der Waals surface area contributed by atoms with Crippen molar-refractivity contribution >= 4 is 5.91 Å². The maximum Gasteiger partial charge on any atom is 0.257 e. The van der Waals surface area contributed by atoms with Gasteiger partial charge in [-0.1, -0.05) is 19.0 Å². The van der Waals surface area contributed by atoms with Gasteiger partial charge in [-0.2, -0.15) is 0 Å². The Morgan fingerprint density at radius 2 is 2.28 bits per heavy atom. The van der Waals surface area contributed by atoms with Crippen LogP contribution >= 0.6 is 0 Å². The van der Waals surface area contributed by atoms with Gasteiger partial charge in [-0.25, -0.2) is 9.97 Å². The average Bonchev–Trinajstić information content (AvgIpc) is 3.03. The number of aryl methyl sites for hydroxylation is 1. The Bertz CT molecular complexity index is 736. The van der Waals surface area contributed by atoms with Crippen LogP contribution in [0.15, 0.2) is 16.8 Å². The Labute approximate surface area is 147 Å². The average molecular weight is 344 g/mol. The van der Waals surface area contributed by atoms with Gasteiger partial charge in [0.05, 0.1) is 24.5 Å².